The number of nitrogen functional groups attached to an aromatic ring is 1. The second kappa shape index (κ2) is 5.23. The second-order valence-corrected chi connectivity index (χ2v) is 5.10. The van der Waals surface area contributed by atoms with E-state index >= 15 is 0 Å². The van der Waals surface area contributed by atoms with Gasteiger partial charge in [-0.1, -0.05) is 17.7 Å². The zero-order valence-corrected chi connectivity index (χ0v) is 12.3. The molecule has 0 aliphatic heterocycles. The van der Waals surface area contributed by atoms with E-state index in [2.05, 4.69) is 46.8 Å². The van der Waals surface area contributed by atoms with E-state index in [-0.39, 0.29) is 5.95 Å². The molecule has 0 radical (unpaired) electrons. The van der Waals surface area contributed by atoms with Crippen molar-refractivity contribution in [3.8, 4) is 0 Å². The minimum Gasteiger partial charge on any atom is -0.338 e. The third-order valence-electron chi connectivity index (χ3n) is 2.64. The van der Waals surface area contributed by atoms with Gasteiger partial charge in [-0.25, -0.2) is 5.84 Å². The van der Waals surface area contributed by atoms with Crippen LogP contribution in [-0.4, -0.2) is 20.2 Å². The number of fused-ring (bicyclic) bond motifs is 1. The molecule has 20 heavy (non-hydrogen) atoms. The summed E-state index contributed by atoms with van der Waals surface area (Å²) in [6, 6.07) is 5.50. The van der Waals surface area contributed by atoms with E-state index in [0.717, 1.165) is 15.5 Å². The average Bonchev–Trinajstić information content (AvgIpc) is 2.92. The summed E-state index contributed by atoms with van der Waals surface area (Å²) in [5.74, 6) is 6.21. The quantitative estimate of drug-likeness (QED) is 0.426. The summed E-state index contributed by atoms with van der Waals surface area (Å²) in [5.41, 5.74) is 3.77. The zero-order valence-electron chi connectivity index (χ0n) is 9.98. The molecule has 2 aromatic heterocycles. The molecule has 3 rings (SSSR count). The molecule has 0 atom stereocenters. The van der Waals surface area contributed by atoms with Crippen LogP contribution in [0.3, 0.4) is 0 Å². The fraction of sp³-hybridized carbons (Fsp3) is 0. The number of aromatic nitrogens is 4. The molecule has 0 aliphatic rings. The zero-order chi connectivity index (χ0) is 14.1. The van der Waals surface area contributed by atoms with Crippen LogP contribution < -0.4 is 16.6 Å². The van der Waals surface area contributed by atoms with Crippen LogP contribution >= 0.6 is 27.5 Å². The number of nitrogens with zero attached hydrogens (tertiary/aromatic N) is 3. The summed E-state index contributed by atoms with van der Waals surface area (Å²) in [5, 5.41) is 11.2. The standard InChI is InChI=1S/C11H9BrClN7/c12-8-6(13)2-1-3-7(8)16-9-5-4-15-20-10(5)18-11(17-9)19-14/h1-4H,14H2,(H3,15,16,17,18,19,20). The fourth-order valence-electron chi connectivity index (χ4n) is 1.72. The second-order valence-electron chi connectivity index (χ2n) is 3.90. The van der Waals surface area contributed by atoms with Crippen molar-refractivity contribution in [2.24, 2.45) is 5.84 Å². The van der Waals surface area contributed by atoms with Gasteiger partial charge in [0.1, 0.15) is 5.82 Å². The fourth-order valence-corrected chi connectivity index (χ4v) is 2.26. The van der Waals surface area contributed by atoms with Gasteiger partial charge in [0.2, 0.25) is 5.95 Å². The Kier molecular flexibility index (Phi) is 3.43. The topological polar surface area (TPSA) is 105 Å². The van der Waals surface area contributed by atoms with Gasteiger partial charge < -0.3 is 5.32 Å². The van der Waals surface area contributed by atoms with E-state index in [1.54, 1.807) is 12.3 Å². The molecule has 0 bridgehead atoms. The van der Waals surface area contributed by atoms with E-state index in [1.807, 2.05) is 12.1 Å². The van der Waals surface area contributed by atoms with Gasteiger partial charge in [0.05, 0.1) is 26.8 Å². The normalized spacial score (nSPS) is 10.8. The lowest BCUT2D eigenvalue weighted by atomic mass is 10.3. The van der Waals surface area contributed by atoms with Gasteiger partial charge in [-0.3, -0.25) is 10.5 Å². The number of halogens is 2. The maximum Gasteiger partial charge on any atom is 0.241 e. The number of anilines is 3. The Balaban J connectivity index is 2.10. The van der Waals surface area contributed by atoms with E-state index in [4.69, 9.17) is 17.4 Å². The van der Waals surface area contributed by atoms with Crippen molar-refractivity contribution in [1.82, 2.24) is 20.2 Å². The predicted octanol–water partition coefficient (Wildman–Crippen LogP) is 2.80. The number of benzene rings is 1. The molecule has 9 heteroatoms. The molecule has 0 aliphatic carbocycles. The molecule has 0 fully saturated rings. The Bertz CT molecular complexity index is 773. The highest BCUT2D eigenvalue weighted by Gasteiger charge is 2.11. The van der Waals surface area contributed by atoms with Crippen molar-refractivity contribution in [2.45, 2.75) is 0 Å². The van der Waals surface area contributed by atoms with Gasteiger partial charge in [-0.05, 0) is 28.1 Å². The van der Waals surface area contributed by atoms with E-state index in [9.17, 15) is 0 Å². The summed E-state index contributed by atoms with van der Waals surface area (Å²) >= 11 is 9.49. The molecule has 0 spiro atoms. The molecular formula is C11H9BrClN7. The van der Waals surface area contributed by atoms with Crippen LogP contribution in [0, 0.1) is 0 Å². The van der Waals surface area contributed by atoms with Crippen LogP contribution in [0.1, 0.15) is 0 Å². The molecule has 2 heterocycles. The minimum absolute atomic E-state index is 0.280. The van der Waals surface area contributed by atoms with Crippen molar-refractivity contribution in [3.63, 3.8) is 0 Å². The van der Waals surface area contributed by atoms with Crippen LogP contribution in [0.25, 0.3) is 11.0 Å². The smallest absolute Gasteiger partial charge is 0.241 e. The molecule has 0 amide bonds. The first-order valence-corrected chi connectivity index (χ1v) is 6.75. The van der Waals surface area contributed by atoms with Crippen molar-refractivity contribution < 1.29 is 0 Å². The lowest BCUT2D eigenvalue weighted by Crippen LogP contribution is -2.11. The number of aromatic amines is 1. The van der Waals surface area contributed by atoms with Gasteiger partial charge in [0, 0.05) is 0 Å². The third-order valence-corrected chi connectivity index (χ3v) is 4.04. The van der Waals surface area contributed by atoms with Gasteiger partial charge in [-0.2, -0.15) is 15.1 Å². The maximum absolute atomic E-state index is 6.07. The molecule has 102 valence electrons. The molecule has 0 unspecified atom stereocenters. The van der Waals surface area contributed by atoms with E-state index < -0.39 is 0 Å². The van der Waals surface area contributed by atoms with Crippen molar-refractivity contribution in [3.05, 3.63) is 33.9 Å². The highest BCUT2D eigenvalue weighted by Crippen LogP contribution is 2.33. The number of nitrogens with two attached hydrogens (primary N) is 1. The largest absolute Gasteiger partial charge is 0.338 e. The molecule has 0 saturated carbocycles. The molecular weight excluding hydrogens is 346 g/mol. The lowest BCUT2D eigenvalue weighted by molar-refractivity contribution is 1.08. The Morgan fingerprint density at radius 3 is 2.95 bits per heavy atom. The van der Waals surface area contributed by atoms with Crippen molar-refractivity contribution >= 4 is 56.0 Å². The molecule has 5 N–H and O–H groups in total. The number of H-pyrrole nitrogens is 1. The Labute approximate surface area is 127 Å². The monoisotopic (exact) mass is 353 g/mol. The van der Waals surface area contributed by atoms with Gasteiger partial charge >= 0.3 is 0 Å². The number of hydrogen-bond donors (Lipinski definition) is 4. The summed E-state index contributed by atoms with van der Waals surface area (Å²) in [7, 11) is 0. The third kappa shape index (κ3) is 2.28. The van der Waals surface area contributed by atoms with Crippen LogP contribution in [0.4, 0.5) is 17.5 Å². The number of hydrogen-bond acceptors (Lipinski definition) is 6. The summed E-state index contributed by atoms with van der Waals surface area (Å²) < 4.78 is 0.749. The number of hydrazine groups is 1. The SMILES string of the molecule is NNc1nc(Nc2cccc(Cl)c2Br)c2cn[nH]c2n1. The summed E-state index contributed by atoms with van der Waals surface area (Å²) in [6.07, 6.45) is 1.64. The Morgan fingerprint density at radius 1 is 1.30 bits per heavy atom. The first-order valence-electron chi connectivity index (χ1n) is 5.58. The van der Waals surface area contributed by atoms with E-state index in [0.29, 0.717) is 16.5 Å². The van der Waals surface area contributed by atoms with E-state index in [1.165, 1.54) is 0 Å². The molecule has 1 aromatic carbocycles. The lowest BCUT2D eigenvalue weighted by Gasteiger charge is -2.10. The highest BCUT2D eigenvalue weighted by molar-refractivity contribution is 9.10. The minimum atomic E-state index is 0.280. The molecule has 0 saturated heterocycles. The number of nitrogens with one attached hydrogen (secondary N) is 3. The van der Waals surface area contributed by atoms with Gasteiger partial charge in [0.15, 0.2) is 5.65 Å². The number of rotatable bonds is 3. The summed E-state index contributed by atoms with van der Waals surface area (Å²) in [6.45, 7) is 0. The predicted molar refractivity (Wildman–Crippen MR) is 81.9 cm³/mol. The molecule has 7 nitrogen and oxygen atoms in total. The van der Waals surface area contributed by atoms with Crippen molar-refractivity contribution in [1.29, 1.82) is 0 Å². The Hall–Kier alpha value is -1.90. The Morgan fingerprint density at radius 2 is 2.15 bits per heavy atom. The maximum atomic E-state index is 6.07. The summed E-state index contributed by atoms with van der Waals surface area (Å²) in [4.78, 5) is 8.43. The van der Waals surface area contributed by atoms with Gasteiger partial charge in [0.25, 0.3) is 0 Å². The van der Waals surface area contributed by atoms with Crippen LogP contribution in [0.15, 0.2) is 28.9 Å². The van der Waals surface area contributed by atoms with Gasteiger partial charge in [-0.15, -0.1) is 0 Å². The van der Waals surface area contributed by atoms with Crippen LogP contribution in [0.5, 0.6) is 0 Å². The molecule has 3 aromatic rings. The average molecular weight is 355 g/mol. The van der Waals surface area contributed by atoms with Crippen LogP contribution in [0.2, 0.25) is 5.02 Å². The van der Waals surface area contributed by atoms with Crippen LogP contribution in [-0.2, 0) is 0 Å². The highest BCUT2D eigenvalue weighted by atomic mass is 79.9. The first-order chi connectivity index (χ1) is 9.69. The first kappa shape index (κ1) is 13.1. The van der Waals surface area contributed by atoms with Crippen molar-refractivity contribution in [2.75, 3.05) is 10.7 Å².